The molecule has 27 heavy (non-hydrogen) atoms. The molecule has 1 aromatic heterocycles. The van der Waals surface area contributed by atoms with Crippen molar-refractivity contribution in [3.63, 3.8) is 0 Å². The molecule has 1 aliphatic rings. The fraction of sp³-hybridized carbons (Fsp3) is 0.316. The Morgan fingerprint density at radius 2 is 1.89 bits per heavy atom. The maximum atomic E-state index is 12.9. The molecular formula is C19H22N2O5S. The number of hydrogen-bond donors (Lipinski definition) is 1. The molecule has 0 atom stereocenters. The van der Waals surface area contributed by atoms with Gasteiger partial charge in [-0.15, -0.1) is 0 Å². The monoisotopic (exact) mass is 390 g/mol. The first kappa shape index (κ1) is 19.3. The zero-order valence-electron chi connectivity index (χ0n) is 15.3. The molecule has 0 radical (unpaired) electrons. The van der Waals surface area contributed by atoms with Gasteiger partial charge in [-0.25, -0.2) is 8.42 Å². The third-order valence-corrected chi connectivity index (χ3v) is 6.24. The predicted molar refractivity (Wildman–Crippen MR) is 102 cm³/mol. The molecule has 7 nitrogen and oxygen atoms in total. The Morgan fingerprint density at radius 1 is 1.15 bits per heavy atom. The van der Waals surface area contributed by atoms with Gasteiger partial charge in [0.25, 0.3) is 0 Å². The van der Waals surface area contributed by atoms with Crippen molar-refractivity contribution in [3.8, 4) is 0 Å². The van der Waals surface area contributed by atoms with Crippen LogP contribution in [0.2, 0.25) is 0 Å². The van der Waals surface area contributed by atoms with Crippen LogP contribution in [-0.4, -0.2) is 44.9 Å². The van der Waals surface area contributed by atoms with E-state index in [4.69, 9.17) is 9.15 Å². The molecule has 1 saturated heterocycles. The molecule has 8 heteroatoms. The van der Waals surface area contributed by atoms with Gasteiger partial charge in [-0.05, 0) is 49.8 Å². The number of sulfonamides is 1. The van der Waals surface area contributed by atoms with Crippen molar-refractivity contribution in [2.45, 2.75) is 18.7 Å². The Hall–Kier alpha value is -2.42. The van der Waals surface area contributed by atoms with Crippen LogP contribution in [-0.2, 0) is 19.6 Å². The summed E-state index contributed by atoms with van der Waals surface area (Å²) in [5, 5.41) is 2.69. The second kappa shape index (κ2) is 8.08. The lowest BCUT2D eigenvalue weighted by Gasteiger charge is -2.26. The van der Waals surface area contributed by atoms with Gasteiger partial charge in [-0.3, -0.25) is 4.79 Å². The van der Waals surface area contributed by atoms with Crippen molar-refractivity contribution in [2.75, 3.05) is 31.6 Å². The lowest BCUT2D eigenvalue weighted by atomic mass is 10.2. The molecular weight excluding hydrogens is 368 g/mol. The number of amides is 1. The zero-order valence-corrected chi connectivity index (χ0v) is 16.1. The van der Waals surface area contributed by atoms with Gasteiger partial charge in [0.1, 0.15) is 11.5 Å². The van der Waals surface area contributed by atoms with Crippen LogP contribution < -0.4 is 5.32 Å². The van der Waals surface area contributed by atoms with Gasteiger partial charge in [0.15, 0.2) is 0 Å². The third kappa shape index (κ3) is 4.65. The first-order valence-corrected chi connectivity index (χ1v) is 10.0. The molecule has 1 fully saturated rings. The number of benzene rings is 1. The van der Waals surface area contributed by atoms with Gasteiger partial charge >= 0.3 is 0 Å². The third-order valence-electron chi connectivity index (χ3n) is 4.20. The highest BCUT2D eigenvalue weighted by Gasteiger charge is 2.28. The standard InChI is InChI=1S/C19H22N2O5S/c1-14-3-5-16(20-19(22)8-7-17-6-4-15(2)26-17)13-18(14)27(23,24)21-9-11-25-12-10-21/h3-8,13H,9-12H2,1-2H3,(H,20,22)/b8-7+. The summed E-state index contributed by atoms with van der Waals surface area (Å²) in [6.07, 6.45) is 2.90. The van der Waals surface area contributed by atoms with Gasteiger partial charge in [-0.1, -0.05) is 6.07 Å². The molecule has 3 rings (SSSR count). The highest BCUT2D eigenvalue weighted by Crippen LogP contribution is 2.24. The van der Waals surface area contributed by atoms with Crippen LogP contribution in [0, 0.1) is 13.8 Å². The number of carbonyl (C=O) groups excluding carboxylic acids is 1. The number of ether oxygens (including phenoxy) is 1. The van der Waals surface area contributed by atoms with Crippen LogP contribution in [0.4, 0.5) is 5.69 Å². The van der Waals surface area contributed by atoms with E-state index in [2.05, 4.69) is 5.32 Å². The topological polar surface area (TPSA) is 88.9 Å². The Bertz CT molecular complexity index is 956. The number of rotatable bonds is 5. The van der Waals surface area contributed by atoms with Crippen molar-refractivity contribution in [1.29, 1.82) is 0 Å². The fourth-order valence-corrected chi connectivity index (χ4v) is 4.43. The molecule has 1 aromatic carbocycles. The molecule has 1 amide bonds. The molecule has 0 spiro atoms. The Kier molecular flexibility index (Phi) is 5.79. The number of carbonyl (C=O) groups is 1. The van der Waals surface area contributed by atoms with E-state index < -0.39 is 10.0 Å². The quantitative estimate of drug-likeness (QED) is 0.793. The van der Waals surface area contributed by atoms with Crippen LogP contribution >= 0.6 is 0 Å². The minimum absolute atomic E-state index is 0.188. The molecule has 0 saturated carbocycles. The summed E-state index contributed by atoms with van der Waals surface area (Å²) >= 11 is 0. The van der Waals surface area contributed by atoms with Gasteiger partial charge in [0, 0.05) is 24.9 Å². The van der Waals surface area contributed by atoms with Crippen LogP contribution in [0.3, 0.4) is 0 Å². The zero-order chi connectivity index (χ0) is 19.4. The molecule has 2 aromatic rings. The van der Waals surface area contributed by atoms with Gasteiger partial charge in [0.05, 0.1) is 18.1 Å². The van der Waals surface area contributed by atoms with E-state index in [0.29, 0.717) is 43.3 Å². The minimum atomic E-state index is -3.63. The summed E-state index contributed by atoms with van der Waals surface area (Å²) in [6, 6.07) is 8.42. The van der Waals surface area contributed by atoms with E-state index in [1.165, 1.54) is 16.4 Å². The Morgan fingerprint density at radius 3 is 2.56 bits per heavy atom. The van der Waals surface area contributed by atoms with Gasteiger partial charge in [0.2, 0.25) is 15.9 Å². The molecule has 1 N–H and O–H groups in total. The number of anilines is 1. The van der Waals surface area contributed by atoms with Crippen LogP contribution in [0.5, 0.6) is 0 Å². The van der Waals surface area contributed by atoms with Gasteiger partial charge in [-0.2, -0.15) is 4.31 Å². The van der Waals surface area contributed by atoms with E-state index in [0.717, 1.165) is 5.76 Å². The van der Waals surface area contributed by atoms with E-state index in [-0.39, 0.29) is 10.8 Å². The van der Waals surface area contributed by atoms with E-state index >= 15 is 0 Å². The number of morpholine rings is 1. The summed E-state index contributed by atoms with van der Waals surface area (Å²) in [5.41, 5.74) is 1.04. The molecule has 1 aliphatic heterocycles. The van der Waals surface area contributed by atoms with Crippen molar-refractivity contribution in [1.82, 2.24) is 4.31 Å². The molecule has 144 valence electrons. The van der Waals surface area contributed by atoms with Gasteiger partial charge < -0.3 is 14.5 Å². The lowest BCUT2D eigenvalue weighted by molar-refractivity contribution is -0.111. The second-order valence-electron chi connectivity index (χ2n) is 6.27. The van der Waals surface area contributed by atoms with Crippen LogP contribution in [0.1, 0.15) is 17.1 Å². The van der Waals surface area contributed by atoms with Crippen LogP contribution in [0.15, 0.2) is 45.7 Å². The summed E-state index contributed by atoms with van der Waals surface area (Å²) < 4.78 is 37.8. The van der Waals surface area contributed by atoms with Crippen molar-refractivity contribution in [2.24, 2.45) is 0 Å². The predicted octanol–water partition coefficient (Wildman–Crippen LogP) is 2.57. The fourth-order valence-electron chi connectivity index (χ4n) is 2.77. The largest absolute Gasteiger partial charge is 0.462 e. The number of nitrogens with one attached hydrogen (secondary N) is 1. The molecule has 0 bridgehead atoms. The second-order valence-corrected chi connectivity index (χ2v) is 8.17. The maximum Gasteiger partial charge on any atom is 0.248 e. The summed E-state index contributed by atoms with van der Waals surface area (Å²) in [5.74, 6) is 0.955. The number of nitrogens with zero attached hydrogens (tertiary/aromatic N) is 1. The number of furan rings is 1. The molecule has 2 heterocycles. The highest BCUT2D eigenvalue weighted by molar-refractivity contribution is 7.89. The van der Waals surface area contributed by atoms with E-state index in [1.54, 1.807) is 37.3 Å². The summed E-state index contributed by atoms with van der Waals surface area (Å²) in [7, 11) is -3.63. The van der Waals surface area contributed by atoms with Crippen LogP contribution in [0.25, 0.3) is 6.08 Å². The maximum absolute atomic E-state index is 12.9. The van der Waals surface area contributed by atoms with E-state index in [9.17, 15) is 13.2 Å². The smallest absolute Gasteiger partial charge is 0.248 e. The summed E-state index contributed by atoms with van der Waals surface area (Å²) in [4.78, 5) is 12.3. The number of hydrogen-bond acceptors (Lipinski definition) is 5. The number of aryl methyl sites for hydroxylation is 2. The summed E-state index contributed by atoms with van der Waals surface area (Å²) in [6.45, 7) is 4.96. The average Bonchev–Trinajstić information content (AvgIpc) is 3.07. The van der Waals surface area contributed by atoms with Crippen molar-refractivity contribution < 1.29 is 22.4 Å². The van der Waals surface area contributed by atoms with E-state index in [1.807, 2.05) is 6.92 Å². The Labute approximate surface area is 158 Å². The lowest BCUT2D eigenvalue weighted by Crippen LogP contribution is -2.40. The Balaban J connectivity index is 1.76. The molecule has 0 unspecified atom stereocenters. The highest BCUT2D eigenvalue weighted by atomic mass is 32.2. The normalized spacial score (nSPS) is 15.9. The first-order chi connectivity index (χ1) is 12.9. The average molecular weight is 390 g/mol. The van der Waals surface area contributed by atoms with Crippen molar-refractivity contribution >= 4 is 27.7 Å². The SMILES string of the molecule is Cc1ccc(/C=C/C(=O)Nc2ccc(C)c(S(=O)(=O)N3CCOCC3)c2)o1. The minimum Gasteiger partial charge on any atom is -0.462 e. The van der Waals surface area contributed by atoms with Crippen molar-refractivity contribution in [3.05, 3.63) is 53.5 Å². The first-order valence-electron chi connectivity index (χ1n) is 8.60. The molecule has 0 aliphatic carbocycles.